The maximum absolute atomic E-state index is 13.4. The number of urea groups is 1. The third-order valence-electron chi connectivity index (χ3n) is 6.60. The van der Waals surface area contributed by atoms with Crippen LogP contribution >= 0.6 is 11.3 Å². The summed E-state index contributed by atoms with van der Waals surface area (Å²) in [5.74, 6) is 0.101. The molecule has 0 fully saturated rings. The highest BCUT2D eigenvalue weighted by Gasteiger charge is 2.33. The van der Waals surface area contributed by atoms with Crippen LogP contribution in [0.25, 0.3) is 10.2 Å². The van der Waals surface area contributed by atoms with Crippen molar-refractivity contribution >= 4 is 56.4 Å². The van der Waals surface area contributed by atoms with E-state index in [1.54, 1.807) is 0 Å². The lowest BCUT2D eigenvalue weighted by molar-refractivity contribution is 0.103. The molecule has 2 aromatic heterocycles. The fraction of sp³-hybridized carbons (Fsp3) is 0.133. The van der Waals surface area contributed by atoms with Crippen LogP contribution in [-0.2, 0) is 13.0 Å². The predicted octanol–water partition coefficient (Wildman–Crippen LogP) is 5.30. The van der Waals surface area contributed by atoms with Crippen LogP contribution in [0, 0.1) is 0 Å². The summed E-state index contributed by atoms with van der Waals surface area (Å²) in [6.07, 6.45) is 2.21. The van der Waals surface area contributed by atoms with Gasteiger partial charge in [0.05, 0.1) is 23.4 Å². The number of carbonyl (C=O) groups excluding carboxylic acids is 2. The lowest BCUT2D eigenvalue weighted by Gasteiger charge is -2.27. The molecule has 6 rings (SSSR count). The van der Waals surface area contributed by atoms with Gasteiger partial charge in [-0.3, -0.25) is 4.79 Å². The fourth-order valence-electron chi connectivity index (χ4n) is 4.67. The summed E-state index contributed by atoms with van der Waals surface area (Å²) in [5.41, 5.74) is 5.09. The molecular formula is C30H26N6O3S. The van der Waals surface area contributed by atoms with Gasteiger partial charge < -0.3 is 21.1 Å². The summed E-state index contributed by atoms with van der Waals surface area (Å²) in [6.45, 7) is 1.21. The first-order valence-electron chi connectivity index (χ1n) is 12.8. The minimum absolute atomic E-state index is 0.0765. The van der Waals surface area contributed by atoms with Crippen LogP contribution in [0.15, 0.2) is 85.2 Å². The van der Waals surface area contributed by atoms with Crippen molar-refractivity contribution in [3.8, 4) is 0 Å². The Hall–Kier alpha value is -4.64. The van der Waals surface area contributed by atoms with Crippen molar-refractivity contribution in [2.45, 2.75) is 13.0 Å². The van der Waals surface area contributed by atoms with Crippen molar-refractivity contribution in [1.29, 1.82) is 0 Å². The molecule has 3 amide bonds. The third kappa shape index (κ3) is 5.15. The molecule has 1 aliphatic heterocycles. The Labute approximate surface area is 234 Å². The second-order valence-corrected chi connectivity index (χ2v) is 10.3. The monoisotopic (exact) mass is 550 g/mol. The molecule has 10 heteroatoms. The first-order valence-corrected chi connectivity index (χ1v) is 13.7. The second-order valence-electron chi connectivity index (χ2n) is 9.33. The van der Waals surface area contributed by atoms with Crippen LogP contribution in [0.4, 0.5) is 27.7 Å². The SMILES string of the molecule is O=C(Nc1ccc(CNCCO)cc1)c1sc2ncnc3c2c1NC(=O)N3c1ccc(Cc2ccccc2)cc1. The zero-order valence-corrected chi connectivity index (χ0v) is 22.2. The summed E-state index contributed by atoms with van der Waals surface area (Å²) >= 11 is 1.21. The van der Waals surface area contributed by atoms with E-state index in [1.165, 1.54) is 28.1 Å². The molecular weight excluding hydrogens is 524 g/mol. The molecule has 40 heavy (non-hydrogen) atoms. The number of amides is 3. The Kier molecular flexibility index (Phi) is 7.19. The Morgan fingerprint density at radius 3 is 2.40 bits per heavy atom. The van der Waals surface area contributed by atoms with Gasteiger partial charge in [-0.25, -0.2) is 19.7 Å². The van der Waals surface area contributed by atoms with Gasteiger partial charge in [0.15, 0.2) is 5.82 Å². The maximum Gasteiger partial charge on any atom is 0.332 e. The van der Waals surface area contributed by atoms with Crippen molar-refractivity contribution in [3.63, 3.8) is 0 Å². The highest BCUT2D eigenvalue weighted by Crippen LogP contribution is 2.44. The highest BCUT2D eigenvalue weighted by atomic mass is 32.1. The van der Waals surface area contributed by atoms with E-state index in [9.17, 15) is 9.59 Å². The normalized spacial score (nSPS) is 12.4. The lowest BCUT2D eigenvalue weighted by atomic mass is 10.0. The molecule has 3 aromatic carbocycles. The molecule has 0 atom stereocenters. The van der Waals surface area contributed by atoms with Gasteiger partial charge in [0.2, 0.25) is 0 Å². The summed E-state index contributed by atoms with van der Waals surface area (Å²) < 4.78 is 0. The number of benzene rings is 3. The van der Waals surface area contributed by atoms with Crippen LogP contribution in [0.1, 0.15) is 26.4 Å². The van der Waals surface area contributed by atoms with E-state index in [2.05, 4.69) is 38.1 Å². The van der Waals surface area contributed by atoms with Gasteiger partial charge in [-0.05, 0) is 47.4 Å². The standard InChI is InChI=1S/C30H26N6O3S/c37-15-14-31-17-21-6-10-22(11-7-21)34-28(38)26-25-24-27(32-18-33-29(24)40-26)36(30(39)35-25)23-12-8-20(9-13-23)16-19-4-2-1-3-5-19/h1-13,18,31,37H,14-17H2,(H,34,38)(H,35,39). The van der Waals surface area contributed by atoms with Crippen LogP contribution in [0.5, 0.6) is 0 Å². The number of aromatic nitrogens is 2. The first-order chi connectivity index (χ1) is 19.6. The van der Waals surface area contributed by atoms with Gasteiger partial charge in [-0.1, -0.05) is 54.6 Å². The van der Waals surface area contributed by atoms with E-state index in [1.807, 2.05) is 66.7 Å². The largest absolute Gasteiger partial charge is 0.395 e. The molecule has 200 valence electrons. The highest BCUT2D eigenvalue weighted by molar-refractivity contribution is 7.21. The van der Waals surface area contributed by atoms with Crippen LogP contribution < -0.4 is 20.9 Å². The van der Waals surface area contributed by atoms with Crippen molar-refractivity contribution in [1.82, 2.24) is 15.3 Å². The Bertz CT molecular complexity index is 1670. The summed E-state index contributed by atoms with van der Waals surface area (Å²) in [6, 6.07) is 25.1. The average molecular weight is 551 g/mol. The number of anilines is 4. The fourth-order valence-corrected chi connectivity index (χ4v) is 5.65. The van der Waals surface area contributed by atoms with E-state index in [0.717, 1.165) is 17.5 Å². The molecule has 0 saturated carbocycles. The number of aliphatic hydroxyl groups excluding tert-OH is 1. The van der Waals surface area contributed by atoms with Crippen molar-refractivity contribution in [2.75, 3.05) is 28.7 Å². The molecule has 4 N–H and O–H groups in total. The zero-order valence-electron chi connectivity index (χ0n) is 21.4. The van der Waals surface area contributed by atoms with Gasteiger partial charge >= 0.3 is 6.03 Å². The molecule has 0 unspecified atom stereocenters. The Morgan fingerprint density at radius 1 is 0.925 bits per heavy atom. The number of aliphatic hydroxyl groups is 1. The van der Waals surface area contributed by atoms with Gasteiger partial charge in [0.25, 0.3) is 5.91 Å². The molecule has 1 aliphatic rings. The van der Waals surface area contributed by atoms with E-state index in [0.29, 0.717) is 51.1 Å². The Balaban J connectivity index is 1.25. The third-order valence-corrected chi connectivity index (χ3v) is 7.69. The summed E-state index contributed by atoms with van der Waals surface area (Å²) in [7, 11) is 0. The van der Waals surface area contributed by atoms with Crippen molar-refractivity contribution in [2.24, 2.45) is 0 Å². The average Bonchev–Trinajstić information content (AvgIpc) is 3.35. The van der Waals surface area contributed by atoms with Gasteiger partial charge in [-0.15, -0.1) is 11.3 Å². The van der Waals surface area contributed by atoms with E-state index >= 15 is 0 Å². The number of nitrogens with zero attached hydrogens (tertiary/aromatic N) is 3. The molecule has 0 spiro atoms. The number of hydrogen-bond donors (Lipinski definition) is 4. The molecule has 5 aromatic rings. The lowest BCUT2D eigenvalue weighted by Crippen LogP contribution is -2.35. The van der Waals surface area contributed by atoms with Gasteiger partial charge in [-0.2, -0.15) is 0 Å². The summed E-state index contributed by atoms with van der Waals surface area (Å²) in [5, 5.41) is 18.5. The van der Waals surface area contributed by atoms with E-state index < -0.39 is 6.03 Å². The molecule has 3 heterocycles. The van der Waals surface area contributed by atoms with E-state index in [-0.39, 0.29) is 12.5 Å². The zero-order chi connectivity index (χ0) is 27.5. The van der Waals surface area contributed by atoms with Crippen LogP contribution in [0.2, 0.25) is 0 Å². The number of rotatable bonds is 9. The molecule has 9 nitrogen and oxygen atoms in total. The number of hydrogen-bond acceptors (Lipinski definition) is 7. The van der Waals surface area contributed by atoms with E-state index in [4.69, 9.17) is 5.11 Å². The van der Waals surface area contributed by atoms with Crippen molar-refractivity contribution < 1.29 is 14.7 Å². The Morgan fingerprint density at radius 2 is 1.65 bits per heavy atom. The predicted molar refractivity (Wildman–Crippen MR) is 157 cm³/mol. The molecule has 0 saturated heterocycles. The van der Waals surface area contributed by atoms with Gasteiger partial charge in [0.1, 0.15) is 16.0 Å². The number of carbonyl (C=O) groups is 2. The van der Waals surface area contributed by atoms with Crippen molar-refractivity contribution in [3.05, 3.63) is 107 Å². The molecule has 0 radical (unpaired) electrons. The van der Waals surface area contributed by atoms with Gasteiger partial charge in [0, 0.05) is 18.8 Å². The number of nitrogens with one attached hydrogen (secondary N) is 3. The smallest absolute Gasteiger partial charge is 0.332 e. The molecule has 0 aliphatic carbocycles. The second kappa shape index (κ2) is 11.2. The minimum atomic E-state index is -0.393. The quantitative estimate of drug-likeness (QED) is 0.185. The topological polar surface area (TPSA) is 119 Å². The molecule has 0 bridgehead atoms. The number of thiophene rings is 1. The minimum Gasteiger partial charge on any atom is -0.395 e. The first kappa shape index (κ1) is 25.6. The van der Waals surface area contributed by atoms with Crippen LogP contribution in [-0.4, -0.2) is 40.2 Å². The maximum atomic E-state index is 13.4. The summed E-state index contributed by atoms with van der Waals surface area (Å²) in [4.78, 5) is 37.9. The van der Waals surface area contributed by atoms with Crippen LogP contribution in [0.3, 0.4) is 0 Å².